The molecule has 146 valence electrons. The van der Waals surface area contributed by atoms with Gasteiger partial charge in [0.15, 0.2) is 5.13 Å². The molecule has 0 spiro atoms. The second-order valence-electron chi connectivity index (χ2n) is 6.02. The number of esters is 1. The zero-order valence-electron chi connectivity index (χ0n) is 14.7. The number of halogens is 2. The van der Waals surface area contributed by atoms with Crippen molar-refractivity contribution in [3.8, 4) is 12.3 Å². The number of nitrogens with zero attached hydrogens (tertiary/aromatic N) is 4. The number of fused-ring (bicyclic) bond motifs is 1. The van der Waals surface area contributed by atoms with Crippen LogP contribution in [-0.4, -0.2) is 46.2 Å². The third-order valence-electron chi connectivity index (χ3n) is 4.21. The van der Waals surface area contributed by atoms with Gasteiger partial charge in [0.2, 0.25) is 6.23 Å². The average molecular weight is 492 g/mol. The highest BCUT2D eigenvalue weighted by Crippen LogP contribution is 2.37. The molecule has 0 saturated carbocycles. The number of hydrogen-bond acceptors (Lipinski definition) is 6. The molecule has 2 aromatic heterocycles. The van der Waals surface area contributed by atoms with Crippen molar-refractivity contribution in [3.05, 3.63) is 51.7 Å². The highest BCUT2D eigenvalue weighted by atomic mass is 79.9. The van der Waals surface area contributed by atoms with Crippen molar-refractivity contribution in [1.29, 1.82) is 0 Å². The Hall–Kier alpha value is -2.67. The Balaban J connectivity index is 1.69. The summed E-state index contributed by atoms with van der Waals surface area (Å²) >= 11 is 10.8. The van der Waals surface area contributed by atoms with E-state index in [1.54, 1.807) is 6.07 Å². The van der Waals surface area contributed by atoms with Crippen LogP contribution in [-0.2, 0) is 4.74 Å². The minimum Gasteiger partial charge on any atom is -0.435 e. The summed E-state index contributed by atoms with van der Waals surface area (Å²) in [4.78, 5) is 36.7. The fourth-order valence-corrected chi connectivity index (χ4v) is 4.69. The normalized spacial score (nSPS) is 16.3. The molecule has 1 atom stereocenters. The molecule has 29 heavy (non-hydrogen) atoms. The van der Waals surface area contributed by atoms with E-state index in [1.165, 1.54) is 33.4 Å². The lowest BCUT2D eigenvalue weighted by molar-refractivity contribution is 0.0328. The number of amides is 2. The zero-order valence-corrected chi connectivity index (χ0v) is 17.9. The molecule has 1 saturated heterocycles. The molecule has 3 aromatic rings. The van der Waals surface area contributed by atoms with Crippen molar-refractivity contribution < 1.29 is 14.3 Å². The summed E-state index contributed by atoms with van der Waals surface area (Å²) < 4.78 is 7.35. The molecule has 1 aliphatic heterocycles. The fraction of sp³-hybridized carbons (Fsp3) is 0.158. The number of urea groups is 1. The van der Waals surface area contributed by atoms with Gasteiger partial charge in [0.1, 0.15) is 5.15 Å². The second kappa shape index (κ2) is 7.99. The number of carbonyl (C=O) groups is 2. The predicted octanol–water partition coefficient (Wildman–Crippen LogP) is 4.17. The molecular weight excluding hydrogens is 480 g/mol. The van der Waals surface area contributed by atoms with E-state index in [1.807, 2.05) is 18.2 Å². The number of carbonyl (C=O) groups excluding carboxylic acids is 2. The minimum atomic E-state index is -0.904. The van der Waals surface area contributed by atoms with Gasteiger partial charge in [-0.1, -0.05) is 34.9 Å². The van der Waals surface area contributed by atoms with Crippen LogP contribution < -0.4 is 4.90 Å². The van der Waals surface area contributed by atoms with Gasteiger partial charge in [-0.25, -0.2) is 24.5 Å². The lowest BCUT2D eigenvalue weighted by Crippen LogP contribution is -2.37. The summed E-state index contributed by atoms with van der Waals surface area (Å²) in [7, 11) is 0. The van der Waals surface area contributed by atoms with Crippen LogP contribution in [0.4, 0.5) is 9.93 Å². The Bertz CT molecular complexity index is 1160. The van der Waals surface area contributed by atoms with Crippen molar-refractivity contribution in [2.75, 3.05) is 18.0 Å². The Morgan fingerprint density at radius 3 is 2.97 bits per heavy atom. The molecule has 1 fully saturated rings. The highest BCUT2D eigenvalue weighted by Gasteiger charge is 2.42. The maximum absolute atomic E-state index is 12.9. The van der Waals surface area contributed by atoms with Crippen molar-refractivity contribution >= 4 is 66.2 Å². The Kier molecular flexibility index (Phi) is 5.41. The quantitative estimate of drug-likeness (QED) is 0.311. The van der Waals surface area contributed by atoms with Crippen LogP contribution in [0.2, 0.25) is 5.15 Å². The topological polar surface area (TPSA) is 75.6 Å². The molecule has 0 bridgehead atoms. The monoisotopic (exact) mass is 490 g/mol. The first-order chi connectivity index (χ1) is 14.0. The van der Waals surface area contributed by atoms with Gasteiger partial charge in [0.25, 0.3) is 0 Å². The number of ether oxygens (including phenoxy) is 1. The fourth-order valence-electron chi connectivity index (χ4n) is 2.89. The van der Waals surface area contributed by atoms with Crippen LogP contribution in [0.15, 0.2) is 41.0 Å². The lowest BCUT2D eigenvalue weighted by Gasteiger charge is -2.20. The number of benzene rings is 1. The average Bonchev–Trinajstić information content (AvgIpc) is 3.24. The zero-order chi connectivity index (χ0) is 20.5. The molecule has 0 N–H and O–H groups in total. The van der Waals surface area contributed by atoms with Crippen LogP contribution in [0.1, 0.15) is 10.4 Å². The van der Waals surface area contributed by atoms with Crippen LogP contribution in [0.5, 0.6) is 0 Å². The molecular formula is C19H12BrClN4O3S. The maximum atomic E-state index is 12.9. The highest BCUT2D eigenvalue weighted by molar-refractivity contribution is 9.10. The minimum absolute atomic E-state index is 0.0257. The van der Waals surface area contributed by atoms with E-state index < -0.39 is 12.2 Å². The summed E-state index contributed by atoms with van der Waals surface area (Å²) in [6.45, 7) is 0.204. The van der Waals surface area contributed by atoms with Crippen LogP contribution in [0.25, 0.3) is 10.2 Å². The van der Waals surface area contributed by atoms with Crippen molar-refractivity contribution in [2.45, 2.75) is 6.23 Å². The summed E-state index contributed by atoms with van der Waals surface area (Å²) in [5, 5.41) is 0.435. The summed E-state index contributed by atoms with van der Waals surface area (Å²) in [5.74, 6) is 1.76. The smallest absolute Gasteiger partial charge is 0.343 e. The van der Waals surface area contributed by atoms with Crippen molar-refractivity contribution in [2.24, 2.45) is 0 Å². The molecule has 1 aliphatic rings. The second-order valence-corrected chi connectivity index (χ2v) is 8.21. The van der Waals surface area contributed by atoms with E-state index in [-0.39, 0.29) is 29.8 Å². The van der Waals surface area contributed by atoms with E-state index in [0.29, 0.717) is 5.13 Å². The van der Waals surface area contributed by atoms with E-state index in [9.17, 15) is 9.59 Å². The molecule has 1 aromatic carbocycles. The number of pyridine rings is 1. The summed E-state index contributed by atoms with van der Waals surface area (Å²) in [6.07, 6.45) is 5.95. The van der Waals surface area contributed by atoms with Crippen LogP contribution in [0, 0.1) is 12.3 Å². The first kappa shape index (κ1) is 19.6. The number of thiazole rings is 1. The Labute approximate surface area is 183 Å². The van der Waals surface area contributed by atoms with Crippen LogP contribution in [0.3, 0.4) is 0 Å². The molecule has 0 radical (unpaired) electrons. The first-order valence-corrected chi connectivity index (χ1v) is 10.4. The molecule has 4 rings (SSSR count). The summed E-state index contributed by atoms with van der Waals surface area (Å²) in [6, 6.07) is 8.30. The third-order valence-corrected chi connectivity index (χ3v) is 6.54. The largest absolute Gasteiger partial charge is 0.435 e. The Morgan fingerprint density at radius 2 is 2.24 bits per heavy atom. The van der Waals surface area contributed by atoms with Gasteiger partial charge >= 0.3 is 12.0 Å². The standard InChI is InChI=1S/C19H12BrClN4O3S/c1-2-9-24-10-14(28-17(26)11-5-4-8-22-16(11)21)25(19(24)27)18-23-13-7-3-6-12(20)15(13)29-18/h1,3-8,14H,9-10H2. The molecule has 10 heteroatoms. The number of hydrogen-bond donors (Lipinski definition) is 0. The van der Waals surface area contributed by atoms with E-state index in [4.69, 9.17) is 22.8 Å². The van der Waals surface area contributed by atoms with Crippen molar-refractivity contribution in [1.82, 2.24) is 14.9 Å². The first-order valence-electron chi connectivity index (χ1n) is 8.37. The molecule has 3 heterocycles. The molecule has 0 aliphatic carbocycles. The number of terminal acetylenes is 1. The maximum Gasteiger partial charge on any atom is 0.343 e. The van der Waals surface area contributed by atoms with Gasteiger partial charge in [-0.3, -0.25) is 0 Å². The Morgan fingerprint density at radius 1 is 1.41 bits per heavy atom. The number of aromatic nitrogens is 2. The molecule has 1 unspecified atom stereocenters. The van der Waals surface area contributed by atoms with E-state index in [0.717, 1.165) is 14.7 Å². The van der Waals surface area contributed by atoms with E-state index in [2.05, 4.69) is 31.8 Å². The predicted molar refractivity (Wildman–Crippen MR) is 114 cm³/mol. The van der Waals surface area contributed by atoms with Gasteiger partial charge in [-0.05, 0) is 40.2 Å². The number of anilines is 1. The third kappa shape index (κ3) is 3.67. The van der Waals surface area contributed by atoms with Gasteiger partial charge in [-0.15, -0.1) is 6.42 Å². The van der Waals surface area contributed by atoms with Crippen molar-refractivity contribution in [3.63, 3.8) is 0 Å². The lowest BCUT2D eigenvalue weighted by atomic mass is 10.3. The summed E-state index contributed by atoms with van der Waals surface area (Å²) in [5.41, 5.74) is 0.840. The van der Waals surface area contributed by atoms with Crippen LogP contribution >= 0.6 is 38.9 Å². The molecule has 2 amide bonds. The van der Waals surface area contributed by atoms with Gasteiger partial charge in [-0.2, -0.15) is 0 Å². The SMILES string of the molecule is C#CCN1CC(OC(=O)c2cccnc2Cl)N(c2nc3cccc(Br)c3s2)C1=O. The van der Waals surface area contributed by atoms with Gasteiger partial charge in [0, 0.05) is 10.7 Å². The van der Waals surface area contributed by atoms with Gasteiger partial charge < -0.3 is 9.64 Å². The van der Waals surface area contributed by atoms with Gasteiger partial charge in [0.05, 0.1) is 28.9 Å². The van der Waals surface area contributed by atoms with E-state index >= 15 is 0 Å². The molecule has 7 nitrogen and oxygen atoms in total. The number of rotatable bonds is 4.